The number of likely N-dealkylation sites (tertiary alicyclic amines) is 1. The maximum absolute atomic E-state index is 13.5. The fourth-order valence-electron chi connectivity index (χ4n) is 4.36. The summed E-state index contributed by atoms with van der Waals surface area (Å²) in [4.78, 5) is 29.8. The van der Waals surface area contributed by atoms with Crippen LogP contribution in [0.5, 0.6) is 0 Å². The molecule has 2 heterocycles. The third-order valence-corrected chi connectivity index (χ3v) is 5.46. The Labute approximate surface area is 168 Å². The summed E-state index contributed by atoms with van der Waals surface area (Å²) in [6.07, 6.45) is 1.06. The third kappa shape index (κ3) is 3.55. The normalized spacial score (nSPS) is 22.6. The molecule has 150 valence electrons. The van der Waals surface area contributed by atoms with Crippen molar-refractivity contribution >= 4 is 23.1 Å². The van der Waals surface area contributed by atoms with E-state index >= 15 is 0 Å². The fourth-order valence-corrected chi connectivity index (χ4v) is 4.36. The largest absolute Gasteiger partial charge is 0.366 e. The molecule has 0 spiro atoms. The number of hydrogen-bond acceptors (Lipinski definition) is 3. The van der Waals surface area contributed by atoms with E-state index < -0.39 is 23.4 Å². The van der Waals surface area contributed by atoms with Gasteiger partial charge in [0, 0.05) is 13.1 Å². The van der Waals surface area contributed by atoms with E-state index in [1.54, 1.807) is 0 Å². The molecule has 0 aliphatic carbocycles. The van der Waals surface area contributed by atoms with E-state index in [0.717, 1.165) is 11.3 Å². The molecule has 4 nitrogen and oxygen atoms in total. The molecule has 6 heteroatoms. The number of benzene rings is 2. The van der Waals surface area contributed by atoms with Gasteiger partial charge in [-0.05, 0) is 60.2 Å². The van der Waals surface area contributed by atoms with Crippen LogP contribution in [0.15, 0.2) is 54.2 Å². The van der Waals surface area contributed by atoms with E-state index in [1.165, 1.54) is 48.5 Å². The number of hydrogen-bond donors (Lipinski definition) is 0. The lowest BCUT2D eigenvalue weighted by Crippen LogP contribution is -2.42. The van der Waals surface area contributed by atoms with Crippen LogP contribution in [0.3, 0.4) is 0 Å². The zero-order valence-electron chi connectivity index (χ0n) is 16.4. The lowest BCUT2D eigenvalue weighted by atomic mass is 9.91. The second kappa shape index (κ2) is 7.43. The molecule has 4 rings (SSSR count). The molecule has 0 N–H and O–H groups in total. The minimum absolute atomic E-state index is 0.264. The van der Waals surface area contributed by atoms with E-state index in [2.05, 4.69) is 13.8 Å². The van der Waals surface area contributed by atoms with Crippen LogP contribution in [0.1, 0.15) is 25.8 Å². The van der Waals surface area contributed by atoms with Gasteiger partial charge in [0.2, 0.25) is 0 Å². The predicted molar refractivity (Wildman–Crippen MR) is 107 cm³/mol. The Morgan fingerprint density at radius 1 is 0.793 bits per heavy atom. The van der Waals surface area contributed by atoms with Crippen molar-refractivity contribution in [3.05, 3.63) is 71.4 Å². The smallest absolute Gasteiger partial charge is 0.282 e. The number of halogens is 2. The van der Waals surface area contributed by atoms with Gasteiger partial charge in [0.05, 0.1) is 11.3 Å². The zero-order chi connectivity index (χ0) is 20.7. The Balaban J connectivity index is 1.82. The molecule has 0 aromatic heterocycles. The van der Waals surface area contributed by atoms with Gasteiger partial charge in [0.1, 0.15) is 17.3 Å². The van der Waals surface area contributed by atoms with E-state index in [0.29, 0.717) is 41.9 Å². The maximum atomic E-state index is 13.5. The van der Waals surface area contributed by atoms with Crippen molar-refractivity contribution < 1.29 is 18.4 Å². The number of piperidine rings is 1. The Kier molecular flexibility index (Phi) is 4.94. The average molecular weight is 396 g/mol. The highest BCUT2D eigenvalue weighted by Crippen LogP contribution is 2.37. The molecule has 2 aliphatic heterocycles. The van der Waals surface area contributed by atoms with Crippen molar-refractivity contribution in [3.8, 4) is 0 Å². The van der Waals surface area contributed by atoms with Gasteiger partial charge in [-0.1, -0.05) is 26.0 Å². The molecule has 2 aliphatic rings. The van der Waals surface area contributed by atoms with Gasteiger partial charge < -0.3 is 4.90 Å². The number of imide groups is 1. The molecule has 2 atom stereocenters. The highest BCUT2D eigenvalue weighted by atomic mass is 19.1. The van der Waals surface area contributed by atoms with Gasteiger partial charge in [-0.15, -0.1) is 0 Å². The fraction of sp³-hybridized carbons (Fsp3) is 0.304. The van der Waals surface area contributed by atoms with Gasteiger partial charge >= 0.3 is 0 Å². The number of carbonyl (C=O) groups excluding carboxylic acids is 2. The second-order valence-corrected chi connectivity index (χ2v) is 8.00. The van der Waals surface area contributed by atoms with Crippen molar-refractivity contribution in [2.45, 2.75) is 20.3 Å². The standard InChI is InChI=1S/C23H22F2N2O2/c1-14-11-15(2)13-26(12-14)21-20(16-3-5-17(24)6-4-16)22(28)27(23(21)29)19-9-7-18(25)8-10-19/h3-10,14-15H,11-13H2,1-2H3. The summed E-state index contributed by atoms with van der Waals surface area (Å²) in [6, 6.07) is 10.9. The van der Waals surface area contributed by atoms with Crippen LogP contribution in [-0.4, -0.2) is 29.8 Å². The molecule has 1 fully saturated rings. The molecule has 2 aromatic rings. The van der Waals surface area contributed by atoms with Gasteiger partial charge in [-0.3, -0.25) is 9.59 Å². The minimum atomic E-state index is -0.478. The van der Waals surface area contributed by atoms with Crippen molar-refractivity contribution in [1.82, 2.24) is 4.90 Å². The van der Waals surface area contributed by atoms with Crippen LogP contribution in [-0.2, 0) is 9.59 Å². The van der Waals surface area contributed by atoms with E-state index in [9.17, 15) is 18.4 Å². The highest BCUT2D eigenvalue weighted by Gasteiger charge is 2.43. The first-order valence-corrected chi connectivity index (χ1v) is 9.74. The maximum Gasteiger partial charge on any atom is 0.282 e. The van der Waals surface area contributed by atoms with Gasteiger partial charge in [0.15, 0.2) is 0 Å². The molecule has 0 bridgehead atoms. The first kappa shape index (κ1) is 19.3. The van der Waals surface area contributed by atoms with E-state index in [1.807, 2.05) is 4.90 Å². The number of nitrogens with zero attached hydrogens (tertiary/aromatic N) is 2. The van der Waals surface area contributed by atoms with Gasteiger partial charge in [-0.2, -0.15) is 0 Å². The summed E-state index contributed by atoms with van der Waals surface area (Å²) < 4.78 is 26.8. The zero-order valence-corrected chi connectivity index (χ0v) is 16.4. The summed E-state index contributed by atoms with van der Waals surface area (Å²) in [7, 11) is 0. The Morgan fingerprint density at radius 2 is 1.31 bits per heavy atom. The van der Waals surface area contributed by atoms with Crippen LogP contribution >= 0.6 is 0 Å². The number of carbonyl (C=O) groups is 2. The van der Waals surface area contributed by atoms with Crippen LogP contribution in [0, 0.1) is 23.5 Å². The van der Waals surface area contributed by atoms with E-state index in [4.69, 9.17) is 0 Å². The molecule has 0 radical (unpaired) electrons. The van der Waals surface area contributed by atoms with Crippen LogP contribution in [0.25, 0.3) is 5.57 Å². The number of amides is 2. The summed E-state index contributed by atoms with van der Waals surface area (Å²) in [5, 5.41) is 0. The molecule has 2 aromatic carbocycles. The third-order valence-electron chi connectivity index (χ3n) is 5.46. The Morgan fingerprint density at radius 3 is 1.86 bits per heavy atom. The number of anilines is 1. The lowest BCUT2D eigenvalue weighted by Gasteiger charge is -2.37. The van der Waals surface area contributed by atoms with Gasteiger partial charge in [-0.25, -0.2) is 13.7 Å². The summed E-state index contributed by atoms with van der Waals surface area (Å²) >= 11 is 0. The van der Waals surface area contributed by atoms with Crippen molar-refractivity contribution in [2.24, 2.45) is 11.8 Å². The Hall–Kier alpha value is -3.02. The molecule has 1 saturated heterocycles. The van der Waals surface area contributed by atoms with Crippen molar-refractivity contribution in [1.29, 1.82) is 0 Å². The van der Waals surface area contributed by atoms with Crippen LogP contribution in [0.2, 0.25) is 0 Å². The molecular formula is C23H22F2N2O2. The first-order chi connectivity index (χ1) is 13.8. The highest BCUT2D eigenvalue weighted by molar-refractivity contribution is 6.45. The summed E-state index contributed by atoms with van der Waals surface area (Å²) in [6.45, 7) is 5.58. The minimum Gasteiger partial charge on any atom is -0.366 e. The van der Waals surface area contributed by atoms with Gasteiger partial charge in [0.25, 0.3) is 11.8 Å². The van der Waals surface area contributed by atoms with Crippen LogP contribution in [0.4, 0.5) is 14.5 Å². The average Bonchev–Trinajstić information content (AvgIpc) is 2.93. The molecule has 2 unspecified atom stereocenters. The lowest BCUT2D eigenvalue weighted by molar-refractivity contribution is -0.120. The monoisotopic (exact) mass is 396 g/mol. The SMILES string of the molecule is CC1CC(C)CN(C2=C(c3ccc(F)cc3)C(=O)N(c3ccc(F)cc3)C2=O)C1. The summed E-state index contributed by atoms with van der Waals surface area (Å²) in [5.41, 5.74) is 1.41. The molecule has 2 amide bonds. The first-order valence-electron chi connectivity index (χ1n) is 9.74. The van der Waals surface area contributed by atoms with Crippen molar-refractivity contribution in [2.75, 3.05) is 18.0 Å². The Bertz CT molecular complexity index is 973. The predicted octanol–water partition coefficient (Wildman–Crippen LogP) is 4.23. The quantitative estimate of drug-likeness (QED) is 0.729. The number of rotatable bonds is 3. The van der Waals surface area contributed by atoms with Crippen molar-refractivity contribution in [3.63, 3.8) is 0 Å². The topological polar surface area (TPSA) is 40.6 Å². The van der Waals surface area contributed by atoms with Crippen LogP contribution < -0.4 is 4.90 Å². The molecular weight excluding hydrogens is 374 g/mol. The second-order valence-electron chi connectivity index (χ2n) is 8.00. The molecule has 0 saturated carbocycles. The summed E-state index contributed by atoms with van der Waals surface area (Å²) in [5.74, 6) is -1.01. The molecule has 29 heavy (non-hydrogen) atoms. The van der Waals surface area contributed by atoms with E-state index in [-0.39, 0.29) is 5.57 Å².